The second-order valence-corrected chi connectivity index (χ2v) is 10.4. The first-order valence-corrected chi connectivity index (χ1v) is 17.0. The van der Waals surface area contributed by atoms with E-state index < -0.39 is 0 Å². The summed E-state index contributed by atoms with van der Waals surface area (Å²) in [6.07, 6.45) is 2.43. The number of likely N-dealkylation sites (N-methyl/N-ethyl adjacent to an activating group) is 2. The predicted octanol–water partition coefficient (Wildman–Crippen LogP) is 4.04. The van der Waals surface area contributed by atoms with Crippen molar-refractivity contribution in [2.75, 3.05) is 131 Å². The number of nitrogens with zero attached hydrogens (tertiary/aromatic N) is 8. The van der Waals surface area contributed by atoms with Crippen LogP contribution >= 0.6 is 0 Å². The van der Waals surface area contributed by atoms with Crippen molar-refractivity contribution in [3.8, 4) is 0 Å². The minimum Gasteiger partial charge on any atom is -0.314 e. The Morgan fingerprint density at radius 2 is 0.500 bits per heavy atom. The molecule has 0 unspecified atom stereocenters. The third-order valence-corrected chi connectivity index (χ3v) is 7.37. The van der Waals surface area contributed by atoms with Gasteiger partial charge in [-0.1, -0.05) is 27.7 Å². The molecule has 276 valence electrons. The summed E-state index contributed by atoms with van der Waals surface area (Å²) in [7, 11) is 0. The molecular formula is C34H76N8O4. The van der Waals surface area contributed by atoms with Gasteiger partial charge in [0, 0.05) is 105 Å². The number of hydrogen-bond donors (Lipinski definition) is 4. The molecule has 0 aromatic carbocycles. The van der Waals surface area contributed by atoms with E-state index >= 15 is 0 Å². The average Bonchev–Trinajstić information content (AvgIpc) is 3.12. The summed E-state index contributed by atoms with van der Waals surface area (Å²) in [6.45, 7) is 51.7. The largest absolute Gasteiger partial charge is 0.314 e. The van der Waals surface area contributed by atoms with Gasteiger partial charge in [0.2, 0.25) is 0 Å². The molecule has 12 heteroatoms. The van der Waals surface area contributed by atoms with E-state index in [-0.39, 0.29) is 0 Å². The molecular weight excluding hydrogens is 584 g/mol. The quantitative estimate of drug-likeness (QED) is 0.309. The lowest BCUT2D eigenvalue weighted by Crippen LogP contribution is -2.44. The fourth-order valence-electron chi connectivity index (χ4n) is 4.66. The zero-order valence-electron chi connectivity index (χ0n) is 30.6. The number of rotatable bonds is 6. The summed E-state index contributed by atoms with van der Waals surface area (Å²) < 4.78 is 0. The van der Waals surface area contributed by atoms with E-state index in [0.717, 1.165) is 118 Å². The van der Waals surface area contributed by atoms with Gasteiger partial charge in [0.05, 0.1) is 0 Å². The molecule has 4 aliphatic rings. The van der Waals surface area contributed by atoms with Gasteiger partial charge in [-0.3, -0.25) is 0 Å². The van der Waals surface area contributed by atoms with Gasteiger partial charge in [0.1, 0.15) is 0 Å². The minimum absolute atomic E-state index is 0.799. The Morgan fingerprint density at radius 3 is 0.652 bits per heavy atom. The monoisotopic (exact) mass is 661 g/mol. The summed E-state index contributed by atoms with van der Waals surface area (Å²) in [5.41, 5.74) is 0. The first-order valence-electron chi connectivity index (χ1n) is 17.0. The molecule has 0 aromatic heterocycles. The van der Waals surface area contributed by atoms with Crippen molar-refractivity contribution in [1.82, 2.24) is 39.9 Å². The summed E-state index contributed by atoms with van der Waals surface area (Å²) >= 11 is 0. The predicted molar refractivity (Wildman–Crippen MR) is 196 cm³/mol. The topological polar surface area (TPSA) is 107 Å². The maximum absolute atomic E-state index is 9.00. The molecule has 4 aliphatic heterocycles. The van der Waals surface area contributed by atoms with Crippen LogP contribution in [0.3, 0.4) is 0 Å². The summed E-state index contributed by atoms with van der Waals surface area (Å²) in [5.74, 6) is 0. The van der Waals surface area contributed by atoms with Crippen LogP contribution in [0.25, 0.3) is 0 Å². The van der Waals surface area contributed by atoms with Crippen LogP contribution in [0, 0.1) is 0 Å². The highest BCUT2D eigenvalue weighted by Crippen LogP contribution is 2.00. The average molecular weight is 661 g/mol. The van der Waals surface area contributed by atoms with Crippen molar-refractivity contribution in [2.24, 2.45) is 0 Å². The Kier molecular flexibility index (Phi) is 44.2. The van der Waals surface area contributed by atoms with Crippen LogP contribution in [0.4, 0.5) is 0 Å². The van der Waals surface area contributed by atoms with E-state index in [1.165, 1.54) is 46.2 Å². The fraction of sp³-hybridized carbons (Fsp3) is 0.765. The molecule has 0 atom stereocenters. The molecule has 4 N–H and O–H groups in total. The van der Waals surface area contributed by atoms with Crippen molar-refractivity contribution in [3.63, 3.8) is 0 Å². The van der Waals surface area contributed by atoms with E-state index in [4.69, 9.17) is 20.8 Å². The highest BCUT2D eigenvalue weighted by Gasteiger charge is 2.15. The molecule has 4 heterocycles. The molecule has 46 heavy (non-hydrogen) atoms. The smallest absolute Gasteiger partial charge is 0.0366 e. The van der Waals surface area contributed by atoms with Gasteiger partial charge in [-0.05, 0) is 39.0 Å². The Morgan fingerprint density at radius 1 is 0.326 bits per heavy atom. The second-order valence-electron chi connectivity index (χ2n) is 10.4. The van der Waals surface area contributed by atoms with Gasteiger partial charge in [-0.25, -0.2) is 0 Å². The van der Waals surface area contributed by atoms with Crippen molar-refractivity contribution in [3.05, 3.63) is 52.6 Å². The molecule has 0 aliphatic carbocycles. The Hall–Kier alpha value is -1.52. The van der Waals surface area contributed by atoms with Gasteiger partial charge in [-0.2, -0.15) is 20.3 Å². The lowest BCUT2D eigenvalue weighted by molar-refractivity contribution is -0.117. The first-order chi connectivity index (χ1) is 22.3. The maximum atomic E-state index is 9.00. The van der Waals surface area contributed by atoms with E-state index in [1.54, 1.807) is 0 Å². The van der Waals surface area contributed by atoms with Crippen molar-refractivity contribution >= 4 is 0 Å². The van der Waals surface area contributed by atoms with E-state index in [0.29, 0.717) is 0 Å². The van der Waals surface area contributed by atoms with Crippen LogP contribution in [-0.4, -0.2) is 192 Å². The van der Waals surface area contributed by atoms with Crippen LogP contribution in [0.5, 0.6) is 0 Å². The molecule has 0 saturated carbocycles. The Balaban J connectivity index is -0.000000238. The lowest BCUT2D eigenvalue weighted by Gasteiger charge is -2.30. The lowest BCUT2D eigenvalue weighted by atomic mass is 10.3. The third kappa shape index (κ3) is 31.1. The SMILES string of the molecule is C=C.C=C.C=C.C=C.CCCN1CCN(O)CC1.CCCN1CCN(O)CC1.CCN1CCN(O)CC1.CCN1CCN(O)CC1. The Labute approximate surface area is 284 Å². The van der Waals surface area contributed by atoms with Crippen LogP contribution in [0.15, 0.2) is 52.6 Å². The zero-order chi connectivity index (χ0) is 36.2. The maximum Gasteiger partial charge on any atom is 0.0366 e. The van der Waals surface area contributed by atoms with E-state index in [9.17, 15) is 0 Å². The van der Waals surface area contributed by atoms with Gasteiger partial charge in [0.25, 0.3) is 0 Å². The van der Waals surface area contributed by atoms with Crippen molar-refractivity contribution in [1.29, 1.82) is 0 Å². The van der Waals surface area contributed by atoms with E-state index in [1.807, 2.05) is 0 Å². The molecule has 0 radical (unpaired) electrons. The van der Waals surface area contributed by atoms with Crippen LogP contribution in [0.1, 0.15) is 40.5 Å². The summed E-state index contributed by atoms with van der Waals surface area (Å²) in [6, 6.07) is 0. The summed E-state index contributed by atoms with van der Waals surface area (Å²) in [4.78, 5) is 9.42. The van der Waals surface area contributed by atoms with Gasteiger partial charge >= 0.3 is 0 Å². The van der Waals surface area contributed by atoms with Crippen molar-refractivity contribution in [2.45, 2.75) is 40.5 Å². The van der Waals surface area contributed by atoms with Crippen LogP contribution < -0.4 is 0 Å². The normalized spacial score (nSPS) is 20.2. The third-order valence-electron chi connectivity index (χ3n) is 7.37. The number of hydrogen-bond acceptors (Lipinski definition) is 12. The summed E-state index contributed by atoms with van der Waals surface area (Å²) in [5, 5.41) is 41.4. The molecule has 4 rings (SSSR count). The number of piperazine rings is 4. The molecule has 0 amide bonds. The second kappa shape index (κ2) is 39.7. The van der Waals surface area contributed by atoms with Gasteiger partial charge in [0.15, 0.2) is 0 Å². The molecule has 4 saturated heterocycles. The molecule has 0 bridgehead atoms. The fourth-order valence-corrected chi connectivity index (χ4v) is 4.66. The van der Waals surface area contributed by atoms with E-state index in [2.05, 4.69) is 99.9 Å². The van der Waals surface area contributed by atoms with Crippen LogP contribution in [-0.2, 0) is 0 Å². The minimum atomic E-state index is 0.799. The van der Waals surface area contributed by atoms with Crippen molar-refractivity contribution < 1.29 is 20.8 Å². The van der Waals surface area contributed by atoms with Gasteiger partial charge < -0.3 is 40.4 Å². The molecule has 4 fully saturated rings. The first kappa shape index (κ1) is 51.3. The van der Waals surface area contributed by atoms with Crippen LogP contribution in [0.2, 0.25) is 0 Å². The molecule has 0 aromatic rings. The highest BCUT2D eigenvalue weighted by atomic mass is 16.5. The Bertz CT molecular complexity index is 527. The molecule has 12 nitrogen and oxygen atoms in total. The highest BCUT2D eigenvalue weighted by molar-refractivity contribution is 4.67. The number of hydroxylamine groups is 8. The molecule has 0 spiro atoms. The standard InChI is InChI=1S/2C7H16N2O.2C6H14N2O.4C2H4/c2*1-2-3-8-4-6-9(10)7-5-8;2*1-2-7-3-5-8(9)6-4-7;4*1-2/h2*10H,2-7H2,1H3;2*9H,2-6H2,1H3;4*1-2H2. The van der Waals surface area contributed by atoms with Gasteiger partial charge in [-0.15, -0.1) is 52.6 Å². The zero-order valence-corrected chi connectivity index (χ0v) is 30.6.